The highest BCUT2D eigenvalue weighted by molar-refractivity contribution is 7.10. The predicted octanol–water partition coefficient (Wildman–Crippen LogP) is 2.08. The normalized spacial score (nSPS) is 14.6. The van der Waals surface area contributed by atoms with Gasteiger partial charge in [-0.05, 0) is 25.8 Å². The number of hydrogen-bond donors (Lipinski definition) is 1. The van der Waals surface area contributed by atoms with Crippen LogP contribution in [0.4, 0.5) is 0 Å². The monoisotopic (exact) mass is 429 g/mol. The molecule has 1 aliphatic heterocycles. The average Bonchev–Trinajstić information content (AvgIpc) is 3.44. The van der Waals surface area contributed by atoms with Crippen molar-refractivity contribution >= 4 is 23.2 Å². The smallest absolute Gasteiger partial charge is 0.360 e. The van der Waals surface area contributed by atoms with Crippen molar-refractivity contribution in [1.29, 1.82) is 0 Å². The number of ether oxygens (including phenoxy) is 1. The molecular formula is C19H19N5O5S. The lowest BCUT2D eigenvalue weighted by molar-refractivity contribution is 0.0514. The molecule has 0 unspecified atom stereocenters. The SMILES string of the molecule is CCOC(=O)c1cc(-c2csc(C3CCN(C(=O)c4ccc(=O)[nH]n4)CC3)n2)on1. The molecule has 1 fully saturated rings. The molecule has 0 aromatic carbocycles. The highest BCUT2D eigenvalue weighted by atomic mass is 32.1. The van der Waals surface area contributed by atoms with Gasteiger partial charge in [-0.3, -0.25) is 9.59 Å². The molecular weight excluding hydrogens is 410 g/mol. The molecule has 0 bridgehead atoms. The standard InChI is InChI=1S/C19H19N5O5S/c1-2-28-19(27)13-9-15(29-23-13)14-10-30-17(20-14)11-5-7-24(8-6-11)18(26)12-3-4-16(25)22-21-12/h3-4,9-11H,2,5-8H2,1H3,(H,22,25). The van der Waals surface area contributed by atoms with Gasteiger partial charge in [0.25, 0.3) is 11.5 Å². The van der Waals surface area contributed by atoms with Crippen LogP contribution < -0.4 is 5.56 Å². The summed E-state index contributed by atoms with van der Waals surface area (Å²) in [6.07, 6.45) is 1.54. The van der Waals surface area contributed by atoms with Gasteiger partial charge in [-0.25, -0.2) is 14.9 Å². The van der Waals surface area contributed by atoms with Gasteiger partial charge in [0.15, 0.2) is 11.5 Å². The van der Waals surface area contributed by atoms with Crippen molar-refractivity contribution in [3.8, 4) is 11.5 Å². The molecule has 156 valence electrons. The lowest BCUT2D eigenvalue weighted by Crippen LogP contribution is -2.38. The first-order valence-electron chi connectivity index (χ1n) is 9.49. The van der Waals surface area contributed by atoms with Gasteiger partial charge in [0.2, 0.25) is 0 Å². The molecule has 4 rings (SSSR count). The van der Waals surface area contributed by atoms with Crippen LogP contribution in [0, 0.1) is 0 Å². The number of aromatic amines is 1. The number of nitrogens with one attached hydrogen (secondary N) is 1. The zero-order valence-electron chi connectivity index (χ0n) is 16.2. The van der Waals surface area contributed by atoms with Crippen LogP contribution in [0.1, 0.15) is 51.7 Å². The summed E-state index contributed by atoms with van der Waals surface area (Å²) in [4.78, 5) is 41.7. The van der Waals surface area contributed by atoms with Crippen molar-refractivity contribution in [2.45, 2.75) is 25.7 Å². The summed E-state index contributed by atoms with van der Waals surface area (Å²) < 4.78 is 10.1. The first-order chi connectivity index (χ1) is 14.5. The van der Waals surface area contributed by atoms with Crippen molar-refractivity contribution in [2.75, 3.05) is 19.7 Å². The zero-order valence-corrected chi connectivity index (χ0v) is 17.0. The Hall–Kier alpha value is -3.34. The van der Waals surface area contributed by atoms with E-state index in [1.807, 2.05) is 5.38 Å². The summed E-state index contributed by atoms with van der Waals surface area (Å²) in [5, 5.41) is 12.6. The number of likely N-dealkylation sites (tertiary alicyclic amines) is 1. The Balaban J connectivity index is 1.38. The van der Waals surface area contributed by atoms with Gasteiger partial charge in [0, 0.05) is 36.5 Å². The predicted molar refractivity (Wildman–Crippen MR) is 106 cm³/mol. The second-order valence-corrected chi connectivity index (χ2v) is 7.63. The summed E-state index contributed by atoms with van der Waals surface area (Å²) in [5.41, 5.74) is 0.622. The van der Waals surface area contributed by atoms with Crippen LogP contribution in [0.3, 0.4) is 0 Å². The van der Waals surface area contributed by atoms with Crippen molar-refractivity contribution in [3.05, 3.63) is 50.3 Å². The highest BCUT2D eigenvalue weighted by Crippen LogP contribution is 2.33. The van der Waals surface area contributed by atoms with Crippen molar-refractivity contribution in [1.82, 2.24) is 25.2 Å². The third-order valence-electron chi connectivity index (χ3n) is 4.80. The molecule has 1 aliphatic rings. The summed E-state index contributed by atoms with van der Waals surface area (Å²) >= 11 is 1.52. The third kappa shape index (κ3) is 4.15. The topological polar surface area (TPSA) is 131 Å². The van der Waals surface area contributed by atoms with Gasteiger partial charge < -0.3 is 14.2 Å². The fraction of sp³-hybridized carbons (Fsp3) is 0.368. The number of carbonyl (C=O) groups excluding carboxylic acids is 2. The molecule has 1 N–H and O–H groups in total. The quantitative estimate of drug-likeness (QED) is 0.610. The van der Waals surface area contributed by atoms with E-state index in [1.54, 1.807) is 11.8 Å². The van der Waals surface area contributed by atoms with E-state index in [9.17, 15) is 14.4 Å². The van der Waals surface area contributed by atoms with Gasteiger partial charge in [-0.15, -0.1) is 11.3 Å². The molecule has 4 heterocycles. The molecule has 0 radical (unpaired) electrons. The molecule has 3 aromatic rings. The van der Waals surface area contributed by atoms with E-state index in [4.69, 9.17) is 9.26 Å². The Morgan fingerprint density at radius 3 is 2.80 bits per heavy atom. The number of thiazole rings is 1. The maximum Gasteiger partial charge on any atom is 0.360 e. The second-order valence-electron chi connectivity index (χ2n) is 6.74. The maximum atomic E-state index is 12.5. The van der Waals surface area contributed by atoms with E-state index in [0.717, 1.165) is 17.8 Å². The molecule has 0 spiro atoms. The van der Waals surface area contributed by atoms with E-state index in [2.05, 4.69) is 20.3 Å². The lowest BCUT2D eigenvalue weighted by Gasteiger charge is -2.30. The molecule has 10 nitrogen and oxygen atoms in total. The first kappa shape index (κ1) is 20.0. The highest BCUT2D eigenvalue weighted by Gasteiger charge is 2.27. The van der Waals surface area contributed by atoms with Gasteiger partial charge in [0.1, 0.15) is 11.4 Å². The van der Waals surface area contributed by atoms with E-state index in [0.29, 0.717) is 24.5 Å². The number of H-pyrrole nitrogens is 1. The fourth-order valence-corrected chi connectivity index (χ4v) is 4.22. The number of esters is 1. The number of amides is 1. The Morgan fingerprint density at radius 1 is 1.30 bits per heavy atom. The summed E-state index contributed by atoms with van der Waals surface area (Å²) in [5.74, 6) is -0.0873. The molecule has 30 heavy (non-hydrogen) atoms. The van der Waals surface area contributed by atoms with Crippen LogP contribution in [-0.4, -0.2) is 56.8 Å². The fourth-order valence-electron chi connectivity index (χ4n) is 3.24. The van der Waals surface area contributed by atoms with Gasteiger partial charge in [0.05, 0.1) is 11.6 Å². The van der Waals surface area contributed by atoms with Gasteiger partial charge in [-0.1, -0.05) is 5.16 Å². The Labute approximate surface area is 174 Å². The number of aromatic nitrogens is 4. The summed E-state index contributed by atoms with van der Waals surface area (Å²) in [6, 6.07) is 4.25. The lowest BCUT2D eigenvalue weighted by atomic mass is 9.97. The number of carbonyl (C=O) groups is 2. The van der Waals surface area contributed by atoms with Crippen molar-refractivity contribution in [2.24, 2.45) is 0 Å². The van der Waals surface area contributed by atoms with Crippen LogP contribution >= 0.6 is 11.3 Å². The molecule has 11 heteroatoms. The van der Waals surface area contributed by atoms with Gasteiger partial charge >= 0.3 is 5.97 Å². The average molecular weight is 429 g/mol. The third-order valence-corrected chi connectivity index (χ3v) is 5.81. The zero-order chi connectivity index (χ0) is 21.1. The van der Waals surface area contributed by atoms with Crippen LogP contribution in [-0.2, 0) is 4.74 Å². The molecule has 0 saturated carbocycles. The maximum absolute atomic E-state index is 12.5. The van der Waals surface area contributed by atoms with E-state index < -0.39 is 5.97 Å². The van der Waals surface area contributed by atoms with Crippen molar-refractivity contribution < 1.29 is 18.8 Å². The minimum atomic E-state index is -0.531. The minimum Gasteiger partial charge on any atom is -0.461 e. The van der Waals surface area contributed by atoms with Gasteiger partial charge in [-0.2, -0.15) is 5.10 Å². The number of hydrogen-bond acceptors (Lipinski definition) is 9. The van der Waals surface area contributed by atoms with Crippen LogP contribution in [0.15, 0.2) is 32.9 Å². The first-order valence-corrected chi connectivity index (χ1v) is 10.4. The van der Waals surface area contributed by atoms with E-state index in [1.165, 1.54) is 29.5 Å². The molecule has 1 saturated heterocycles. The number of rotatable bonds is 5. The molecule has 0 atom stereocenters. The van der Waals surface area contributed by atoms with E-state index >= 15 is 0 Å². The van der Waals surface area contributed by atoms with Crippen LogP contribution in [0.5, 0.6) is 0 Å². The van der Waals surface area contributed by atoms with Crippen LogP contribution in [0.2, 0.25) is 0 Å². The number of piperidine rings is 1. The van der Waals surface area contributed by atoms with Crippen molar-refractivity contribution in [3.63, 3.8) is 0 Å². The van der Waals surface area contributed by atoms with Crippen LogP contribution in [0.25, 0.3) is 11.5 Å². The Bertz CT molecular complexity index is 1090. The minimum absolute atomic E-state index is 0.115. The molecule has 0 aliphatic carbocycles. The second kappa shape index (κ2) is 8.57. The molecule has 3 aromatic heterocycles. The molecule has 1 amide bonds. The van der Waals surface area contributed by atoms with E-state index in [-0.39, 0.29) is 35.4 Å². The largest absolute Gasteiger partial charge is 0.461 e. The number of nitrogens with zero attached hydrogens (tertiary/aromatic N) is 4. The Kier molecular flexibility index (Phi) is 5.70. The summed E-state index contributed by atoms with van der Waals surface area (Å²) in [6.45, 7) is 3.14. The Morgan fingerprint density at radius 2 is 2.10 bits per heavy atom. The summed E-state index contributed by atoms with van der Waals surface area (Å²) in [7, 11) is 0.